The molecule has 1 aliphatic carbocycles. The van der Waals surface area contributed by atoms with E-state index >= 15 is 0 Å². The smallest absolute Gasteiger partial charge is 0.237 e. The molecule has 0 fully saturated rings. The number of pyridine rings is 1. The highest BCUT2D eigenvalue weighted by atomic mass is 35.5. The van der Waals surface area contributed by atoms with Crippen LogP contribution in [0.4, 0.5) is 11.4 Å². The zero-order valence-electron chi connectivity index (χ0n) is 21.4. The third kappa shape index (κ3) is 5.33. The molecular weight excluding hydrogens is 502 g/mol. The van der Waals surface area contributed by atoms with Gasteiger partial charge in [-0.15, -0.1) is 0 Å². The van der Waals surface area contributed by atoms with Crippen LogP contribution in [0.3, 0.4) is 0 Å². The Labute approximate surface area is 225 Å². The van der Waals surface area contributed by atoms with E-state index < -0.39 is 0 Å². The van der Waals surface area contributed by atoms with E-state index in [0.29, 0.717) is 29.8 Å². The molecule has 0 unspecified atom stereocenters. The Kier molecular flexibility index (Phi) is 7.83. The summed E-state index contributed by atoms with van der Waals surface area (Å²) in [6.07, 6.45) is 1.69. The lowest BCUT2D eigenvalue weighted by atomic mass is 10.1. The lowest BCUT2D eigenvalue weighted by Gasteiger charge is -2.21. The van der Waals surface area contributed by atoms with Gasteiger partial charge in [-0.05, 0) is 60.7 Å². The van der Waals surface area contributed by atoms with Gasteiger partial charge in [-0.3, -0.25) is 4.99 Å². The minimum Gasteiger partial charge on any atom is -0.480 e. The lowest BCUT2D eigenvalue weighted by molar-refractivity contribution is 0.118. The van der Waals surface area contributed by atoms with Crippen LogP contribution >= 0.6 is 11.6 Å². The van der Waals surface area contributed by atoms with Crippen molar-refractivity contribution in [2.45, 2.75) is 6.04 Å². The van der Waals surface area contributed by atoms with Crippen LogP contribution in [0.15, 0.2) is 84.0 Å². The number of anilines is 2. The molecule has 0 radical (unpaired) electrons. The van der Waals surface area contributed by atoms with Gasteiger partial charge < -0.3 is 24.1 Å². The molecule has 0 atom stereocenters. The number of aromatic nitrogens is 3. The Morgan fingerprint density at radius 3 is 2.42 bits per heavy atom. The van der Waals surface area contributed by atoms with Gasteiger partial charge in [0.1, 0.15) is 5.69 Å². The van der Waals surface area contributed by atoms with Gasteiger partial charge in [0.05, 0.1) is 59.8 Å². The average molecular weight is 530 g/mol. The van der Waals surface area contributed by atoms with Crippen molar-refractivity contribution in [1.82, 2.24) is 14.5 Å². The normalized spacial score (nSPS) is 12.0. The van der Waals surface area contributed by atoms with E-state index in [9.17, 15) is 0 Å². The first kappa shape index (κ1) is 25.7. The van der Waals surface area contributed by atoms with Crippen LogP contribution in [0.25, 0.3) is 28.1 Å². The fraction of sp³-hybridized carbons (Fsp3) is 0.207. The van der Waals surface area contributed by atoms with Crippen molar-refractivity contribution < 1.29 is 14.2 Å². The summed E-state index contributed by atoms with van der Waals surface area (Å²) in [6, 6.07) is 23.4. The molecule has 3 aromatic rings. The number of hydrogen-bond acceptors (Lipinski definition) is 7. The van der Waals surface area contributed by atoms with E-state index in [0.717, 1.165) is 39.2 Å². The largest absolute Gasteiger partial charge is 0.480 e. The monoisotopic (exact) mass is 529 g/mol. The number of nitrogens with zero attached hydrogens (tertiary/aromatic N) is 4. The van der Waals surface area contributed by atoms with Crippen LogP contribution in [0.2, 0.25) is 5.02 Å². The van der Waals surface area contributed by atoms with E-state index in [4.69, 9.17) is 35.8 Å². The van der Waals surface area contributed by atoms with Crippen molar-refractivity contribution in [2.24, 2.45) is 4.99 Å². The molecule has 2 heterocycles. The molecule has 194 valence electrons. The standard InChI is InChI=1S/C29H28ClN5O3/c1-36-17-20(18-37-2)32-25-16-28-26(15-24(25)34-23-8-6-14-31-29(23)38-3)33-22-7-4-5-9-27(22)35(28)21-12-10-19(30)11-13-21/h4-16,20,34H,17-18H2,1-3H3. The second kappa shape index (κ2) is 11.6. The van der Waals surface area contributed by atoms with Gasteiger partial charge in [0, 0.05) is 31.1 Å². The molecule has 1 aromatic heterocycles. The highest BCUT2D eigenvalue weighted by Gasteiger charge is 2.18. The van der Waals surface area contributed by atoms with E-state index in [1.807, 2.05) is 66.7 Å². The zero-order chi connectivity index (χ0) is 26.5. The number of nitrogens with one attached hydrogen (secondary N) is 1. The van der Waals surface area contributed by atoms with Crippen LogP contribution in [0.5, 0.6) is 5.88 Å². The predicted molar refractivity (Wildman–Crippen MR) is 150 cm³/mol. The highest BCUT2D eigenvalue weighted by Crippen LogP contribution is 2.32. The molecule has 8 nitrogen and oxygen atoms in total. The van der Waals surface area contributed by atoms with Crippen molar-refractivity contribution >= 4 is 34.0 Å². The van der Waals surface area contributed by atoms with Crippen LogP contribution in [0.1, 0.15) is 0 Å². The van der Waals surface area contributed by atoms with Gasteiger partial charge >= 0.3 is 0 Å². The number of halogens is 1. The SMILES string of the molecule is COCC(COC)N=c1cc2n(-c3ccc(Cl)cc3)c3ccccc3nc-2cc1Nc1cccnc1OC. The quantitative estimate of drug-likeness (QED) is 0.254. The topological polar surface area (TPSA) is 82.8 Å². The van der Waals surface area contributed by atoms with Gasteiger partial charge in [0.2, 0.25) is 5.88 Å². The predicted octanol–water partition coefficient (Wildman–Crippen LogP) is 5.49. The van der Waals surface area contributed by atoms with Gasteiger partial charge in [0.25, 0.3) is 0 Å². The number of rotatable bonds is 9. The maximum Gasteiger partial charge on any atom is 0.237 e. The summed E-state index contributed by atoms with van der Waals surface area (Å²) in [5, 5.41) is 4.86. The molecular formula is C29H28ClN5O3. The summed E-state index contributed by atoms with van der Waals surface area (Å²) in [6.45, 7) is 0.823. The van der Waals surface area contributed by atoms with Crippen LogP contribution < -0.4 is 15.4 Å². The first-order chi connectivity index (χ1) is 18.6. The maximum atomic E-state index is 6.22. The summed E-state index contributed by atoms with van der Waals surface area (Å²) < 4.78 is 18.5. The Morgan fingerprint density at radius 2 is 1.68 bits per heavy atom. The minimum absolute atomic E-state index is 0.212. The summed E-state index contributed by atoms with van der Waals surface area (Å²) in [7, 11) is 4.90. The van der Waals surface area contributed by atoms with Crippen molar-refractivity contribution in [1.29, 1.82) is 0 Å². The van der Waals surface area contributed by atoms with Crippen molar-refractivity contribution in [3.8, 4) is 23.0 Å². The first-order valence-electron chi connectivity index (χ1n) is 12.1. The van der Waals surface area contributed by atoms with Crippen molar-refractivity contribution in [2.75, 3.05) is 39.9 Å². The molecule has 9 heteroatoms. The van der Waals surface area contributed by atoms with Gasteiger partial charge in [-0.2, -0.15) is 0 Å². The molecule has 0 saturated carbocycles. The number of benzene rings is 3. The molecule has 1 N–H and O–H groups in total. The van der Waals surface area contributed by atoms with Gasteiger partial charge in [-0.1, -0.05) is 23.7 Å². The molecule has 0 saturated heterocycles. The zero-order valence-corrected chi connectivity index (χ0v) is 22.1. The van der Waals surface area contributed by atoms with E-state index in [2.05, 4.69) is 20.9 Å². The summed E-state index contributed by atoms with van der Waals surface area (Å²) in [4.78, 5) is 14.3. The second-order valence-corrected chi connectivity index (χ2v) is 9.09. The number of fused-ring (bicyclic) bond motifs is 2. The molecule has 1 aliphatic heterocycles. The first-order valence-corrected chi connectivity index (χ1v) is 12.5. The third-order valence-corrected chi connectivity index (χ3v) is 6.31. The fourth-order valence-electron chi connectivity index (χ4n) is 4.41. The van der Waals surface area contributed by atoms with Crippen molar-refractivity contribution in [3.05, 3.63) is 89.4 Å². The molecule has 5 rings (SSSR count). The number of para-hydroxylation sites is 2. The molecule has 2 aromatic carbocycles. The van der Waals surface area contributed by atoms with Crippen LogP contribution in [0, 0.1) is 0 Å². The van der Waals surface area contributed by atoms with E-state index in [-0.39, 0.29) is 6.04 Å². The second-order valence-electron chi connectivity index (χ2n) is 8.65. The number of methoxy groups -OCH3 is 3. The molecule has 2 aliphatic rings. The summed E-state index contributed by atoms with van der Waals surface area (Å²) >= 11 is 6.22. The average Bonchev–Trinajstić information content (AvgIpc) is 2.93. The fourth-order valence-corrected chi connectivity index (χ4v) is 4.54. The highest BCUT2D eigenvalue weighted by molar-refractivity contribution is 6.30. The minimum atomic E-state index is -0.212. The lowest BCUT2D eigenvalue weighted by Crippen LogP contribution is -2.24. The Balaban J connectivity index is 1.81. The maximum absolute atomic E-state index is 6.22. The number of ether oxygens (including phenoxy) is 3. The Morgan fingerprint density at radius 1 is 0.921 bits per heavy atom. The van der Waals surface area contributed by atoms with Crippen LogP contribution in [-0.2, 0) is 9.47 Å². The van der Waals surface area contributed by atoms with Gasteiger partial charge in [-0.25, -0.2) is 9.97 Å². The Bertz CT molecular complexity index is 1580. The van der Waals surface area contributed by atoms with E-state index in [1.54, 1.807) is 27.5 Å². The molecule has 0 bridgehead atoms. The molecule has 38 heavy (non-hydrogen) atoms. The summed E-state index contributed by atoms with van der Waals surface area (Å²) in [5.41, 5.74) is 5.94. The van der Waals surface area contributed by atoms with Crippen LogP contribution in [-0.4, -0.2) is 55.1 Å². The summed E-state index contributed by atoms with van der Waals surface area (Å²) in [5.74, 6) is 0.478. The molecule has 0 spiro atoms. The third-order valence-electron chi connectivity index (χ3n) is 6.06. The van der Waals surface area contributed by atoms with Gasteiger partial charge in [0.15, 0.2) is 0 Å². The van der Waals surface area contributed by atoms with Crippen molar-refractivity contribution in [3.63, 3.8) is 0 Å². The van der Waals surface area contributed by atoms with E-state index in [1.165, 1.54) is 0 Å². The molecule has 0 amide bonds. The number of hydrogen-bond donors (Lipinski definition) is 1. The Hall–Kier alpha value is -3.98.